The highest BCUT2D eigenvalue weighted by Gasteiger charge is 2.25. The second kappa shape index (κ2) is 5.75. The minimum absolute atomic E-state index is 0.0570. The van der Waals surface area contributed by atoms with Crippen LogP contribution in [0.3, 0.4) is 0 Å². The third-order valence-electron chi connectivity index (χ3n) is 3.02. The van der Waals surface area contributed by atoms with Gasteiger partial charge in [0.1, 0.15) is 5.78 Å². The molecule has 94 valence electrons. The van der Waals surface area contributed by atoms with E-state index in [1.165, 1.54) is 0 Å². The molecule has 0 bridgehead atoms. The fraction of sp³-hybridized carbons (Fsp3) is 0.917. The number of carbonyl (C=O) groups excluding carboxylic acids is 1. The van der Waals surface area contributed by atoms with Crippen molar-refractivity contribution in [2.45, 2.75) is 33.2 Å². The Morgan fingerprint density at radius 2 is 2.19 bits per heavy atom. The quantitative estimate of drug-likeness (QED) is 0.770. The smallest absolute Gasteiger partial charge is 0.139 e. The molecule has 0 saturated carbocycles. The molecular formula is C12H23NO3. The number of hydrogen-bond acceptors (Lipinski definition) is 4. The summed E-state index contributed by atoms with van der Waals surface area (Å²) < 4.78 is 5.29. The molecule has 1 rings (SSSR count). The van der Waals surface area contributed by atoms with Gasteiger partial charge in [0.2, 0.25) is 0 Å². The number of morpholine rings is 1. The predicted octanol–water partition coefficient (Wildman–Crippen LogP) is 0.685. The summed E-state index contributed by atoms with van der Waals surface area (Å²) in [6.07, 6.45) is 0.556. The van der Waals surface area contributed by atoms with Crippen LogP contribution in [0.25, 0.3) is 0 Å². The molecule has 0 radical (unpaired) electrons. The standard InChI is InChI=1S/C12H23NO3/c1-12(2,3)11(15)4-5-13-6-7-16-9-10(13)8-14/h10,14H,4-9H2,1-3H3. The fourth-order valence-electron chi connectivity index (χ4n) is 1.77. The summed E-state index contributed by atoms with van der Waals surface area (Å²) in [5.41, 5.74) is -0.263. The maximum absolute atomic E-state index is 11.8. The zero-order valence-corrected chi connectivity index (χ0v) is 10.5. The molecule has 1 aliphatic rings. The van der Waals surface area contributed by atoms with Crippen LogP contribution in [0.1, 0.15) is 27.2 Å². The average Bonchev–Trinajstić information content (AvgIpc) is 2.24. The van der Waals surface area contributed by atoms with Gasteiger partial charge >= 0.3 is 0 Å². The van der Waals surface area contributed by atoms with Gasteiger partial charge in [0, 0.05) is 24.9 Å². The molecule has 4 nitrogen and oxygen atoms in total. The molecule has 0 spiro atoms. The van der Waals surface area contributed by atoms with E-state index in [4.69, 9.17) is 4.74 Å². The van der Waals surface area contributed by atoms with Crippen molar-refractivity contribution in [3.8, 4) is 0 Å². The van der Waals surface area contributed by atoms with Crippen LogP contribution < -0.4 is 0 Å². The monoisotopic (exact) mass is 229 g/mol. The molecule has 1 unspecified atom stereocenters. The van der Waals surface area contributed by atoms with E-state index in [-0.39, 0.29) is 23.8 Å². The van der Waals surface area contributed by atoms with Gasteiger partial charge in [0.05, 0.1) is 25.9 Å². The van der Waals surface area contributed by atoms with E-state index in [1.54, 1.807) is 0 Å². The van der Waals surface area contributed by atoms with Crippen LogP contribution in [0.4, 0.5) is 0 Å². The normalized spacial score (nSPS) is 23.4. The molecule has 0 amide bonds. The highest BCUT2D eigenvalue weighted by molar-refractivity contribution is 5.83. The van der Waals surface area contributed by atoms with Crippen LogP contribution >= 0.6 is 0 Å². The van der Waals surface area contributed by atoms with Gasteiger partial charge in [-0.1, -0.05) is 20.8 Å². The highest BCUT2D eigenvalue weighted by Crippen LogP contribution is 2.17. The molecule has 4 heteroatoms. The van der Waals surface area contributed by atoms with Crippen molar-refractivity contribution in [2.24, 2.45) is 5.41 Å². The number of aliphatic hydroxyl groups excluding tert-OH is 1. The van der Waals surface area contributed by atoms with Crippen LogP contribution in [-0.2, 0) is 9.53 Å². The first-order chi connectivity index (χ1) is 7.45. The van der Waals surface area contributed by atoms with Gasteiger partial charge in [-0.15, -0.1) is 0 Å². The molecule has 1 fully saturated rings. The number of hydrogen-bond donors (Lipinski definition) is 1. The summed E-state index contributed by atoms with van der Waals surface area (Å²) in [6, 6.07) is 0.0570. The number of nitrogens with zero attached hydrogens (tertiary/aromatic N) is 1. The second-order valence-corrected chi connectivity index (χ2v) is 5.37. The lowest BCUT2D eigenvalue weighted by Gasteiger charge is -2.34. The molecule has 1 N–H and O–H groups in total. The molecule has 1 heterocycles. The van der Waals surface area contributed by atoms with E-state index in [1.807, 2.05) is 20.8 Å². The van der Waals surface area contributed by atoms with Crippen molar-refractivity contribution in [3.63, 3.8) is 0 Å². The highest BCUT2D eigenvalue weighted by atomic mass is 16.5. The third kappa shape index (κ3) is 3.85. The van der Waals surface area contributed by atoms with Crippen molar-refractivity contribution < 1.29 is 14.6 Å². The fourth-order valence-corrected chi connectivity index (χ4v) is 1.77. The molecule has 1 aliphatic heterocycles. The third-order valence-corrected chi connectivity index (χ3v) is 3.02. The van der Waals surface area contributed by atoms with Gasteiger partial charge < -0.3 is 9.84 Å². The lowest BCUT2D eigenvalue weighted by molar-refractivity contribution is -0.127. The molecule has 0 aromatic heterocycles. The van der Waals surface area contributed by atoms with Crippen molar-refractivity contribution in [3.05, 3.63) is 0 Å². The maximum atomic E-state index is 11.8. The van der Waals surface area contributed by atoms with Gasteiger partial charge in [0.15, 0.2) is 0 Å². The van der Waals surface area contributed by atoms with Gasteiger partial charge in [-0.25, -0.2) is 0 Å². The summed E-state index contributed by atoms with van der Waals surface area (Å²) in [6.45, 7) is 8.73. The summed E-state index contributed by atoms with van der Waals surface area (Å²) in [5.74, 6) is 0.274. The second-order valence-electron chi connectivity index (χ2n) is 5.37. The minimum Gasteiger partial charge on any atom is -0.395 e. The average molecular weight is 229 g/mol. The van der Waals surface area contributed by atoms with Gasteiger partial charge in [0.25, 0.3) is 0 Å². The number of carbonyl (C=O) groups is 1. The van der Waals surface area contributed by atoms with E-state index < -0.39 is 0 Å². The van der Waals surface area contributed by atoms with Crippen molar-refractivity contribution >= 4 is 5.78 Å². The van der Waals surface area contributed by atoms with Crippen molar-refractivity contribution in [1.29, 1.82) is 0 Å². The van der Waals surface area contributed by atoms with E-state index in [9.17, 15) is 9.90 Å². The van der Waals surface area contributed by atoms with Gasteiger partial charge in [-0.05, 0) is 0 Å². The van der Waals surface area contributed by atoms with Crippen LogP contribution in [0, 0.1) is 5.41 Å². The summed E-state index contributed by atoms with van der Waals surface area (Å²) in [4.78, 5) is 13.9. The molecule has 0 aromatic rings. The predicted molar refractivity (Wildman–Crippen MR) is 62.3 cm³/mol. The topological polar surface area (TPSA) is 49.8 Å². The van der Waals surface area contributed by atoms with Crippen molar-refractivity contribution in [2.75, 3.05) is 32.9 Å². The Kier molecular flexibility index (Phi) is 4.89. The van der Waals surface area contributed by atoms with E-state index in [0.717, 1.165) is 13.1 Å². The number of rotatable bonds is 4. The molecule has 0 aromatic carbocycles. The maximum Gasteiger partial charge on any atom is 0.139 e. The first-order valence-electron chi connectivity index (χ1n) is 5.91. The van der Waals surface area contributed by atoms with Crippen LogP contribution in [0.2, 0.25) is 0 Å². The minimum atomic E-state index is -0.263. The SMILES string of the molecule is CC(C)(C)C(=O)CCN1CCOCC1CO. The first-order valence-corrected chi connectivity index (χ1v) is 5.91. The summed E-state index contributed by atoms with van der Waals surface area (Å²) >= 11 is 0. The van der Waals surface area contributed by atoms with Gasteiger partial charge in [-0.2, -0.15) is 0 Å². The number of ether oxygens (including phenoxy) is 1. The molecule has 1 saturated heterocycles. The number of aliphatic hydroxyl groups is 1. The molecule has 1 atom stereocenters. The summed E-state index contributed by atoms with van der Waals surface area (Å²) in [7, 11) is 0. The Morgan fingerprint density at radius 1 is 1.50 bits per heavy atom. The van der Waals surface area contributed by atoms with Gasteiger partial charge in [-0.3, -0.25) is 9.69 Å². The van der Waals surface area contributed by atoms with Crippen LogP contribution in [-0.4, -0.2) is 54.7 Å². The van der Waals surface area contributed by atoms with Crippen LogP contribution in [0.5, 0.6) is 0 Å². The zero-order chi connectivity index (χ0) is 12.2. The van der Waals surface area contributed by atoms with E-state index >= 15 is 0 Å². The Balaban J connectivity index is 2.38. The molecule has 16 heavy (non-hydrogen) atoms. The molecule has 0 aliphatic carbocycles. The number of ketones is 1. The summed E-state index contributed by atoms with van der Waals surface area (Å²) in [5, 5.41) is 9.18. The lowest BCUT2D eigenvalue weighted by atomic mass is 9.89. The Bertz CT molecular complexity index is 235. The van der Waals surface area contributed by atoms with Crippen molar-refractivity contribution in [1.82, 2.24) is 4.90 Å². The Morgan fingerprint density at radius 3 is 2.75 bits per heavy atom. The molecular weight excluding hydrogens is 206 g/mol. The van der Waals surface area contributed by atoms with Crippen LogP contribution in [0.15, 0.2) is 0 Å². The van der Waals surface area contributed by atoms with E-state index in [2.05, 4.69) is 4.90 Å². The number of Topliss-reactive ketones (excluding diaryl/α,β-unsaturated/α-hetero) is 1. The Hall–Kier alpha value is -0.450. The van der Waals surface area contributed by atoms with E-state index in [0.29, 0.717) is 19.6 Å². The zero-order valence-electron chi connectivity index (χ0n) is 10.5. The largest absolute Gasteiger partial charge is 0.395 e. The Labute approximate surface area is 97.6 Å². The first kappa shape index (κ1) is 13.6. The lowest BCUT2D eigenvalue weighted by Crippen LogP contribution is -2.48.